The summed E-state index contributed by atoms with van der Waals surface area (Å²) in [5, 5.41) is 14.3. The maximum Gasteiger partial charge on any atom is 0.272 e. The molecule has 1 aromatic rings. The number of benzene rings is 1. The van der Waals surface area contributed by atoms with Gasteiger partial charge in [-0.05, 0) is 31.9 Å². The molecule has 0 amide bonds. The van der Waals surface area contributed by atoms with Crippen molar-refractivity contribution in [1.29, 1.82) is 0 Å². The zero-order chi connectivity index (χ0) is 15.5. The summed E-state index contributed by atoms with van der Waals surface area (Å²) >= 11 is 0. The van der Waals surface area contributed by atoms with Crippen molar-refractivity contribution in [2.45, 2.75) is 25.8 Å². The van der Waals surface area contributed by atoms with Crippen LogP contribution in [-0.4, -0.2) is 55.1 Å². The molecule has 120 valence electrons. The molecule has 2 aliphatic rings. The highest BCUT2D eigenvalue weighted by atomic mass is 16.6. The van der Waals surface area contributed by atoms with Crippen LogP contribution in [0.4, 0.5) is 11.4 Å². The Bertz CT molecular complexity index is 535. The van der Waals surface area contributed by atoms with Crippen LogP contribution in [0.1, 0.15) is 18.4 Å². The van der Waals surface area contributed by atoms with E-state index in [4.69, 9.17) is 0 Å². The van der Waals surface area contributed by atoms with Crippen LogP contribution in [-0.2, 0) is 0 Å². The summed E-state index contributed by atoms with van der Waals surface area (Å²) < 4.78 is 0. The fourth-order valence-electron chi connectivity index (χ4n) is 3.58. The molecule has 0 spiro atoms. The van der Waals surface area contributed by atoms with Gasteiger partial charge in [0.05, 0.1) is 4.92 Å². The minimum absolute atomic E-state index is 0.208. The highest BCUT2D eigenvalue weighted by molar-refractivity contribution is 5.55. The zero-order valence-corrected chi connectivity index (χ0v) is 13.1. The second kappa shape index (κ2) is 6.62. The Morgan fingerprint density at radius 3 is 2.45 bits per heavy atom. The topological polar surface area (TPSA) is 61.6 Å². The summed E-state index contributed by atoms with van der Waals surface area (Å²) in [7, 11) is 0. The Morgan fingerprint density at radius 2 is 1.86 bits per heavy atom. The Labute approximate surface area is 131 Å². The van der Waals surface area contributed by atoms with Gasteiger partial charge >= 0.3 is 0 Å². The van der Waals surface area contributed by atoms with E-state index < -0.39 is 0 Å². The molecule has 22 heavy (non-hydrogen) atoms. The smallest absolute Gasteiger partial charge is 0.272 e. The zero-order valence-electron chi connectivity index (χ0n) is 13.1. The fourth-order valence-corrected chi connectivity index (χ4v) is 3.58. The van der Waals surface area contributed by atoms with Crippen molar-refractivity contribution in [3.8, 4) is 0 Å². The largest absolute Gasteiger partial charge is 0.371 e. The maximum absolute atomic E-state index is 10.9. The van der Waals surface area contributed by atoms with Crippen LogP contribution in [0.5, 0.6) is 0 Å². The molecule has 6 heteroatoms. The van der Waals surface area contributed by atoms with E-state index in [9.17, 15) is 10.1 Å². The van der Waals surface area contributed by atoms with E-state index in [0.29, 0.717) is 6.04 Å². The number of rotatable bonds is 3. The molecule has 3 rings (SSSR count). The molecule has 0 atom stereocenters. The van der Waals surface area contributed by atoms with E-state index in [2.05, 4.69) is 15.1 Å². The molecular formula is C16H24N4O2. The number of nitro benzene ring substituents is 1. The lowest BCUT2D eigenvalue weighted by molar-refractivity contribution is -0.385. The first-order chi connectivity index (χ1) is 10.6. The van der Waals surface area contributed by atoms with Crippen LogP contribution in [0.25, 0.3) is 0 Å². The van der Waals surface area contributed by atoms with Crippen LogP contribution in [0, 0.1) is 17.0 Å². The second-order valence-corrected chi connectivity index (χ2v) is 6.23. The predicted octanol–water partition coefficient (Wildman–Crippen LogP) is 1.78. The summed E-state index contributed by atoms with van der Waals surface area (Å²) in [6.45, 7) is 8.39. The molecule has 0 unspecified atom stereocenters. The monoisotopic (exact) mass is 304 g/mol. The number of nitrogens with one attached hydrogen (secondary N) is 1. The number of hydrogen-bond donors (Lipinski definition) is 1. The normalized spacial score (nSPS) is 21.0. The highest BCUT2D eigenvalue weighted by Crippen LogP contribution is 2.27. The molecule has 0 aromatic heterocycles. The van der Waals surface area contributed by atoms with Gasteiger partial charge in [-0.15, -0.1) is 0 Å². The molecule has 6 nitrogen and oxygen atoms in total. The van der Waals surface area contributed by atoms with Gasteiger partial charge in [-0.1, -0.05) is 0 Å². The first kappa shape index (κ1) is 15.2. The van der Waals surface area contributed by atoms with Crippen molar-refractivity contribution in [2.75, 3.05) is 44.2 Å². The Kier molecular flexibility index (Phi) is 4.59. The van der Waals surface area contributed by atoms with Gasteiger partial charge in [-0.2, -0.15) is 0 Å². The summed E-state index contributed by atoms with van der Waals surface area (Å²) in [6, 6.07) is 6.16. The van der Waals surface area contributed by atoms with Gasteiger partial charge in [0.25, 0.3) is 5.69 Å². The van der Waals surface area contributed by atoms with E-state index in [1.807, 2.05) is 19.1 Å². The standard InChI is InChI=1S/C16H24N4O2/c1-13-12-15(2-3-16(13)20(21)22)18-8-4-14(5-9-18)19-10-6-17-7-11-19/h2-3,12,14,17H,4-11H2,1H3. The third-order valence-corrected chi connectivity index (χ3v) is 4.87. The Hall–Kier alpha value is -1.66. The average Bonchev–Trinajstić information content (AvgIpc) is 2.55. The lowest BCUT2D eigenvalue weighted by Crippen LogP contribution is -2.52. The molecular weight excluding hydrogens is 280 g/mol. The first-order valence-corrected chi connectivity index (χ1v) is 8.10. The van der Waals surface area contributed by atoms with Crippen LogP contribution < -0.4 is 10.2 Å². The molecule has 0 bridgehead atoms. The third-order valence-electron chi connectivity index (χ3n) is 4.87. The quantitative estimate of drug-likeness (QED) is 0.681. The molecule has 0 saturated carbocycles. The van der Waals surface area contributed by atoms with Crippen molar-refractivity contribution in [1.82, 2.24) is 10.2 Å². The Balaban J connectivity index is 1.61. The first-order valence-electron chi connectivity index (χ1n) is 8.10. The fraction of sp³-hybridized carbons (Fsp3) is 0.625. The van der Waals surface area contributed by atoms with Gasteiger partial charge in [0.1, 0.15) is 0 Å². The molecule has 0 radical (unpaired) electrons. The van der Waals surface area contributed by atoms with Crippen LogP contribution in [0.3, 0.4) is 0 Å². The number of nitrogens with zero attached hydrogens (tertiary/aromatic N) is 3. The molecule has 2 fully saturated rings. The van der Waals surface area contributed by atoms with Gasteiger partial charge in [0.2, 0.25) is 0 Å². The van der Waals surface area contributed by atoms with E-state index in [-0.39, 0.29) is 10.6 Å². The van der Waals surface area contributed by atoms with Gasteiger partial charge < -0.3 is 10.2 Å². The Morgan fingerprint density at radius 1 is 1.18 bits per heavy atom. The summed E-state index contributed by atoms with van der Waals surface area (Å²) in [6.07, 6.45) is 2.35. The summed E-state index contributed by atoms with van der Waals surface area (Å²) in [5.41, 5.74) is 2.06. The summed E-state index contributed by atoms with van der Waals surface area (Å²) in [5.74, 6) is 0. The molecule has 2 heterocycles. The van der Waals surface area contributed by atoms with E-state index in [1.54, 1.807) is 6.07 Å². The van der Waals surface area contributed by atoms with Crippen molar-refractivity contribution in [2.24, 2.45) is 0 Å². The highest BCUT2D eigenvalue weighted by Gasteiger charge is 2.26. The lowest BCUT2D eigenvalue weighted by Gasteiger charge is -2.41. The van der Waals surface area contributed by atoms with Crippen molar-refractivity contribution in [3.63, 3.8) is 0 Å². The number of aryl methyl sites for hydroxylation is 1. The maximum atomic E-state index is 10.9. The average molecular weight is 304 g/mol. The van der Waals surface area contributed by atoms with Crippen LogP contribution in [0.15, 0.2) is 18.2 Å². The third kappa shape index (κ3) is 3.23. The number of hydrogen-bond acceptors (Lipinski definition) is 5. The van der Waals surface area contributed by atoms with Crippen molar-refractivity contribution in [3.05, 3.63) is 33.9 Å². The van der Waals surface area contributed by atoms with Crippen molar-refractivity contribution < 1.29 is 4.92 Å². The second-order valence-electron chi connectivity index (χ2n) is 6.23. The predicted molar refractivity (Wildman–Crippen MR) is 87.5 cm³/mol. The summed E-state index contributed by atoms with van der Waals surface area (Å²) in [4.78, 5) is 15.6. The lowest BCUT2D eigenvalue weighted by atomic mass is 10.0. The minimum Gasteiger partial charge on any atom is -0.371 e. The minimum atomic E-state index is -0.310. The molecule has 1 aromatic carbocycles. The number of piperazine rings is 1. The van der Waals surface area contributed by atoms with Crippen LogP contribution >= 0.6 is 0 Å². The van der Waals surface area contributed by atoms with Crippen LogP contribution in [0.2, 0.25) is 0 Å². The van der Waals surface area contributed by atoms with E-state index >= 15 is 0 Å². The van der Waals surface area contributed by atoms with E-state index in [0.717, 1.165) is 50.5 Å². The van der Waals surface area contributed by atoms with E-state index in [1.165, 1.54) is 12.8 Å². The molecule has 0 aliphatic carbocycles. The van der Waals surface area contributed by atoms with Crippen molar-refractivity contribution >= 4 is 11.4 Å². The number of anilines is 1. The van der Waals surface area contributed by atoms with Gasteiger partial charge in [0.15, 0.2) is 0 Å². The number of nitro groups is 1. The number of piperidine rings is 1. The van der Waals surface area contributed by atoms with Gasteiger partial charge in [0, 0.05) is 62.6 Å². The van der Waals surface area contributed by atoms with Gasteiger partial charge in [-0.3, -0.25) is 15.0 Å². The molecule has 1 N–H and O–H groups in total. The molecule has 2 saturated heterocycles. The van der Waals surface area contributed by atoms with Gasteiger partial charge in [-0.25, -0.2) is 0 Å². The molecule has 2 aliphatic heterocycles. The SMILES string of the molecule is Cc1cc(N2CCC(N3CCNCC3)CC2)ccc1[N+](=O)[O-].